The summed E-state index contributed by atoms with van der Waals surface area (Å²) in [5.41, 5.74) is 0. The number of piperazine rings is 1. The van der Waals surface area contributed by atoms with E-state index in [1.165, 1.54) is 25.0 Å². The van der Waals surface area contributed by atoms with Crippen LogP contribution in [0, 0.1) is 5.92 Å². The van der Waals surface area contributed by atoms with Gasteiger partial charge in [-0.05, 0) is 45.3 Å². The van der Waals surface area contributed by atoms with Gasteiger partial charge in [0.05, 0.1) is 6.54 Å². The molecule has 1 atom stereocenters. The summed E-state index contributed by atoms with van der Waals surface area (Å²) in [4.78, 5) is 21.7. The second-order valence-corrected chi connectivity index (χ2v) is 10.0. The Bertz CT molecular complexity index is 515. The second kappa shape index (κ2) is 11.8. The molecular weight excluding hydrogens is 485 g/mol. The molecule has 3 rings (SSSR count). The number of thioether (sulfide) groups is 1. The molecule has 0 aromatic heterocycles. The topological polar surface area (TPSA) is 60.0 Å². The maximum absolute atomic E-state index is 12.3. The zero-order valence-electron chi connectivity index (χ0n) is 17.5. The van der Waals surface area contributed by atoms with E-state index < -0.39 is 0 Å². The lowest BCUT2D eigenvalue weighted by Gasteiger charge is -2.38. The molecule has 0 spiro atoms. The van der Waals surface area contributed by atoms with Crippen LogP contribution in [0.4, 0.5) is 0 Å². The largest absolute Gasteiger partial charge is 0.357 e. The minimum absolute atomic E-state index is 0. The SMILES string of the molecule is CCNC(=NCC1(C)CCCS1)NCCN1CCN(C(=O)C2CCC2)CC1.I. The van der Waals surface area contributed by atoms with Crippen molar-refractivity contribution in [2.75, 3.05) is 58.1 Å². The molecule has 162 valence electrons. The van der Waals surface area contributed by atoms with Crippen LogP contribution in [0.5, 0.6) is 0 Å². The van der Waals surface area contributed by atoms with Crippen LogP contribution in [0.3, 0.4) is 0 Å². The molecule has 2 heterocycles. The average molecular weight is 524 g/mol. The maximum Gasteiger partial charge on any atom is 0.225 e. The number of hydrogen-bond donors (Lipinski definition) is 2. The second-order valence-electron chi connectivity index (χ2n) is 8.32. The van der Waals surface area contributed by atoms with Crippen molar-refractivity contribution in [2.45, 2.75) is 50.7 Å². The smallest absolute Gasteiger partial charge is 0.225 e. The summed E-state index contributed by atoms with van der Waals surface area (Å²) in [5, 5.41) is 6.85. The van der Waals surface area contributed by atoms with Gasteiger partial charge in [0.2, 0.25) is 5.91 Å². The monoisotopic (exact) mass is 523 g/mol. The fraction of sp³-hybridized carbons (Fsp3) is 0.900. The molecule has 1 amide bonds. The lowest BCUT2D eigenvalue weighted by molar-refractivity contribution is -0.139. The minimum Gasteiger partial charge on any atom is -0.357 e. The number of rotatable bonds is 7. The standard InChI is InChI=1S/C20H37N5OS.HI/c1-3-21-19(23-16-20(2)8-5-15-27-20)22-9-10-24-11-13-25(14-12-24)18(26)17-6-4-7-17;/h17H,3-16H2,1-2H3,(H2,21,22,23);1H. The highest BCUT2D eigenvalue weighted by atomic mass is 127. The van der Waals surface area contributed by atoms with Crippen molar-refractivity contribution in [3.8, 4) is 0 Å². The Morgan fingerprint density at radius 1 is 1.18 bits per heavy atom. The van der Waals surface area contributed by atoms with E-state index in [0.29, 0.717) is 16.6 Å². The highest BCUT2D eigenvalue weighted by molar-refractivity contribution is 14.0. The third-order valence-electron chi connectivity index (χ3n) is 6.08. The van der Waals surface area contributed by atoms with Gasteiger partial charge < -0.3 is 15.5 Å². The Morgan fingerprint density at radius 2 is 1.93 bits per heavy atom. The zero-order valence-corrected chi connectivity index (χ0v) is 20.7. The molecule has 1 saturated carbocycles. The first-order chi connectivity index (χ1) is 13.1. The van der Waals surface area contributed by atoms with Crippen LogP contribution in [-0.2, 0) is 4.79 Å². The van der Waals surface area contributed by atoms with Gasteiger partial charge in [-0.3, -0.25) is 14.7 Å². The first-order valence-corrected chi connectivity index (χ1v) is 11.8. The summed E-state index contributed by atoms with van der Waals surface area (Å²) >= 11 is 2.06. The molecule has 0 radical (unpaired) electrons. The van der Waals surface area contributed by atoms with E-state index in [-0.39, 0.29) is 24.0 Å². The lowest BCUT2D eigenvalue weighted by atomic mass is 9.84. The van der Waals surface area contributed by atoms with Crippen molar-refractivity contribution in [1.82, 2.24) is 20.4 Å². The maximum atomic E-state index is 12.3. The molecule has 3 fully saturated rings. The molecular formula is C20H38IN5OS. The first kappa shape index (κ1) is 24.1. The summed E-state index contributed by atoms with van der Waals surface area (Å²) in [7, 11) is 0. The molecule has 0 bridgehead atoms. The molecule has 0 aromatic carbocycles. The number of guanidine groups is 1. The lowest BCUT2D eigenvalue weighted by Crippen LogP contribution is -2.52. The van der Waals surface area contributed by atoms with E-state index in [2.05, 4.69) is 46.0 Å². The molecule has 1 aliphatic carbocycles. The van der Waals surface area contributed by atoms with E-state index in [1.807, 2.05) is 0 Å². The fourth-order valence-electron chi connectivity index (χ4n) is 3.99. The number of nitrogens with one attached hydrogen (secondary N) is 2. The molecule has 8 heteroatoms. The summed E-state index contributed by atoms with van der Waals surface area (Å²) in [6.45, 7) is 11.9. The number of amides is 1. The molecule has 1 unspecified atom stereocenters. The van der Waals surface area contributed by atoms with Gasteiger partial charge in [-0.2, -0.15) is 11.8 Å². The zero-order chi connectivity index (χ0) is 19.1. The van der Waals surface area contributed by atoms with Crippen molar-refractivity contribution < 1.29 is 4.79 Å². The number of carbonyl (C=O) groups is 1. The van der Waals surface area contributed by atoms with Crippen molar-refractivity contribution in [3.05, 3.63) is 0 Å². The van der Waals surface area contributed by atoms with Crippen molar-refractivity contribution >= 4 is 47.6 Å². The van der Waals surface area contributed by atoms with Gasteiger partial charge in [-0.1, -0.05) is 6.42 Å². The Morgan fingerprint density at radius 3 is 2.50 bits per heavy atom. The van der Waals surface area contributed by atoms with Crippen LogP contribution in [0.25, 0.3) is 0 Å². The van der Waals surface area contributed by atoms with E-state index in [4.69, 9.17) is 4.99 Å². The highest BCUT2D eigenvalue weighted by Gasteiger charge is 2.31. The average Bonchev–Trinajstić information content (AvgIpc) is 3.06. The number of nitrogens with zero attached hydrogens (tertiary/aromatic N) is 3. The van der Waals surface area contributed by atoms with Crippen LogP contribution in [0.1, 0.15) is 46.0 Å². The van der Waals surface area contributed by atoms with Crippen molar-refractivity contribution in [3.63, 3.8) is 0 Å². The first-order valence-electron chi connectivity index (χ1n) is 10.8. The van der Waals surface area contributed by atoms with E-state index in [1.54, 1.807) is 0 Å². The Hall–Kier alpha value is -0.220. The number of aliphatic imine (C=N–C) groups is 1. The third-order valence-corrected chi connectivity index (χ3v) is 7.60. The molecule has 2 saturated heterocycles. The molecule has 6 nitrogen and oxygen atoms in total. The number of halogens is 1. The normalized spacial score (nSPS) is 26.5. The van der Waals surface area contributed by atoms with Crippen molar-refractivity contribution in [1.29, 1.82) is 0 Å². The van der Waals surface area contributed by atoms with Crippen LogP contribution in [0.2, 0.25) is 0 Å². The Balaban J connectivity index is 0.00000280. The van der Waals surface area contributed by atoms with Gasteiger partial charge >= 0.3 is 0 Å². The Kier molecular flexibility index (Phi) is 10.2. The number of hydrogen-bond acceptors (Lipinski definition) is 4. The predicted molar refractivity (Wildman–Crippen MR) is 130 cm³/mol. The number of carbonyl (C=O) groups excluding carboxylic acids is 1. The van der Waals surface area contributed by atoms with Gasteiger partial charge in [0.1, 0.15) is 0 Å². The van der Waals surface area contributed by atoms with E-state index >= 15 is 0 Å². The Labute approximate surface area is 192 Å². The molecule has 2 aliphatic heterocycles. The van der Waals surface area contributed by atoms with Crippen LogP contribution >= 0.6 is 35.7 Å². The quantitative estimate of drug-likeness (QED) is 0.305. The third kappa shape index (κ3) is 6.93. The van der Waals surface area contributed by atoms with Crippen LogP contribution in [-0.4, -0.2) is 84.5 Å². The van der Waals surface area contributed by atoms with Crippen LogP contribution < -0.4 is 10.6 Å². The fourth-order valence-corrected chi connectivity index (χ4v) is 5.21. The molecule has 28 heavy (non-hydrogen) atoms. The highest BCUT2D eigenvalue weighted by Crippen LogP contribution is 2.37. The van der Waals surface area contributed by atoms with Gasteiger partial charge in [0, 0.05) is 56.5 Å². The van der Waals surface area contributed by atoms with Gasteiger partial charge in [0.25, 0.3) is 0 Å². The van der Waals surface area contributed by atoms with Gasteiger partial charge in [0.15, 0.2) is 5.96 Å². The predicted octanol–water partition coefficient (Wildman–Crippen LogP) is 2.39. The van der Waals surface area contributed by atoms with E-state index in [0.717, 1.165) is 71.2 Å². The molecule has 2 N–H and O–H groups in total. The minimum atomic E-state index is 0. The van der Waals surface area contributed by atoms with E-state index in [9.17, 15) is 4.79 Å². The summed E-state index contributed by atoms with van der Waals surface area (Å²) in [6, 6.07) is 0. The summed E-state index contributed by atoms with van der Waals surface area (Å²) < 4.78 is 0.311. The summed E-state index contributed by atoms with van der Waals surface area (Å²) in [6.07, 6.45) is 6.02. The van der Waals surface area contributed by atoms with Crippen LogP contribution in [0.15, 0.2) is 4.99 Å². The van der Waals surface area contributed by atoms with Gasteiger partial charge in [-0.15, -0.1) is 24.0 Å². The summed E-state index contributed by atoms with van der Waals surface area (Å²) in [5.74, 6) is 2.94. The molecule has 3 aliphatic rings. The molecule has 0 aromatic rings. The van der Waals surface area contributed by atoms with Crippen molar-refractivity contribution in [2.24, 2.45) is 10.9 Å². The van der Waals surface area contributed by atoms with Gasteiger partial charge in [-0.25, -0.2) is 0 Å².